The van der Waals surface area contributed by atoms with E-state index < -0.39 is 0 Å². The van der Waals surface area contributed by atoms with Gasteiger partial charge in [0.25, 0.3) is 5.91 Å². The highest BCUT2D eigenvalue weighted by Gasteiger charge is 2.14. The molecule has 1 fully saturated rings. The fraction of sp³-hybridized carbons (Fsp3) is 0.562. The fourth-order valence-corrected chi connectivity index (χ4v) is 3.05. The molecule has 0 atom stereocenters. The lowest BCUT2D eigenvalue weighted by Gasteiger charge is -2.12. The molecule has 1 aromatic carbocycles. The third-order valence-electron chi connectivity index (χ3n) is 3.85. The molecule has 0 aromatic heterocycles. The van der Waals surface area contributed by atoms with Gasteiger partial charge in [0.2, 0.25) is 0 Å². The van der Waals surface area contributed by atoms with E-state index in [0.29, 0.717) is 23.9 Å². The monoisotopic (exact) mass is 354 g/mol. The second-order valence-electron chi connectivity index (χ2n) is 5.39. The van der Waals surface area contributed by atoms with Crippen LogP contribution in [0.4, 0.5) is 0 Å². The number of amides is 1. The predicted octanol–water partition coefficient (Wildman–Crippen LogP) is 3.11. The molecule has 0 bridgehead atoms. The SMILES string of the molecule is COc1ccc(Br)c(C(=O)NCCCNC2CCCC2)c1. The van der Waals surface area contributed by atoms with Crippen molar-refractivity contribution in [3.05, 3.63) is 28.2 Å². The standard InChI is InChI=1S/C16H23BrN2O2/c1-21-13-7-8-15(17)14(11-13)16(20)19-10-4-9-18-12-5-2-3-6-12/h7-8,11-12,18H,2-6,9-10H2,1H3,(H,19,20). The Balaban J connectivity index is 1.71. The Kier molecular flexibility index (Phi) is 6.51. The van der Waals surface area contributed by atoms with Crippen LogP contribution in [0.2, 0.25) is 0 Å². The first kappa shape index (κ1) is 16.3. The molecule has 1 saturated carbocycles. The predicted molar refractivity (Wildman–Crippen MR) is 87.9 cm³/mol. The van der Waals surface area contributed by atoms with Crippen LogP contribution in [0.1, 0.15) is 42.5 Å². The molecule has 1 aliphatic rings. The highest BCUT2D eigenvalue weighted by molar-refractivity contribution is 9.10. The van der Waals surface area contributed by atoms with Crippen molar-refractivity contribution in [2.45, 2.75) is 38.1 Å². The lowest BCUT2D eigenvalue weighted by Crippen LogP contribution is -2.31. The summed E-state index contributed by atoms with van der Waals surface area (Å²) in [4.78, 5) is 12.1. The van der Waals surface area contributed by atoms with Gasteiger partial charge in [0.1, 0.15) is 5.75 Å². The van der Waals surface area contributed by atoms with Crippen LogP contribution in [0, 0.1) is 0 Å². The summed E-state index contributed by atoms with van der Waals surface area (Å²) in [7, 11) is 1.60. The molecule has 1 aliphatic carbocycles. The molecule has 0 radical (unpaired) electrons. The van der Waals surface area contributed by atoms with Gasteiger partial charge in [-0.15, -0.1) is 0 Å². The van der Waals surface area contributed by atoms with E-state index in [0.717, 1.165) is 17.4 Å². The number of nitrogens with one attached hydrogen (secondary N) is 2. The minimum absolute atomic E-state index is 0.0679. The molecule has 0 spiro atoms. The minimum atomic E-state index is -0.0679. The molecule has 116 valence electrons. The van der Waals surface area contributed by atoms with E-state index in [4.69, 9.17) is 4.74 Å². The summed E-state index contributed by atoms with van der Waals surface area (Å²) in [5.74, 6) is 0.618. The zero-order chi connectivity index (χ0) is 15.1. The number of rotatable bonds is 7. The van der Waals surface area contributed by atoms with Crippen LogP contribution in [0.15, 0.2) is 22.7 Å². The number of hydrogen-bond acceptors (Lipinski definition) is 3. The van der Waals surface area contributed by atoms with Crippen LogP contribution in [-0.4, -0.2) is 32.1 Å². The Hall–Kier alpha value is -1.07. The van der Waals surface area contributed by atoms with E-state index in [1.54, 1.807) is 13.2 Å². The summed E-state index contributed by atoms with van der Waals surface area (Å²) in [6, 6.07) is 6.09. The molecule has 0 saturated heterocycles. The van der Waals surface area contributed by atoms with Crippen molar-refractivity contribution in [2.75, 3.05) is 20.2 Å². The lowest BCUT2D eigenvalue weighted by molar-refractivity contribution is 0.0952. The van der Waals surface area contributed by atoms with E-state index >= 15 is 0 Å². The molecule has 0 unspecified atom stereocenters. The summed E-state index contributed by atoms with van der Waals surface area (Å²) in [5.41, 5.74) is 0.609. The van der Waals surface area contributed by atoms with Gasteiger partial charge in [-0.3, -0.25) is 4.79 Å². The van der Waals surface area contributed by atoms with E-state index in [2.05, 4.69) is 26.6 Å². The summed E-state index contributed by atoms with van der Waals surface area (Å²) in [6.45, 7) is 1.65. The number of carbonyl (C=O) groups excluding carboxylic acids is 1. The molecule has 4 nitrogen and oxygen atoms in total. The fourth-order valence-electron chi connectivity index (χ4n) is 2.63. The maximum absolute atomic E-state index is 12.1. The molecule has 0 aliphatic heterocycles. The molecule has 21 heavy (non-hydrogen) atoms. The van der Waals surface area contributed by atoms with Crippen molar-refractivity contribution in [2.24, 2.45) is 0 Å². The Bertz CT molecular complexity index is 473. The number of hydrogen-bond donors (Lipinski definition) is 2. The summed E-state index contributed by atoms with van der Waals surface area (Å²) in [6.07, 6.45) is 6.23. The largest absolute Gasteiger partial charge is 0.497 e. The third-order valence-corrected chi connectivity index (χ3v) is 4.54. The Labute approximate surface area is 134 Å². The van der Waals surface area contributed by atoms with Gasteiger partial charge in [-0.1, -0.05) is 12.8 Å². The quantitative estimate of drug-likeness (QED) is 0.739. The van der Waals surface area contributed by atoms with Crippen molar-refractivity contribution in [1.29, 1.82) is 0 Å². The minimum Gasteiger partial charge on any atom is -0.497 e. The van der Waals surface area contributed by atoms with Crippen molar-refractivity contribution in [1.82, 2.24) is 10.6 Å². The van der Waals surface area contributed by atoms with E-state index in [1.165, 1.54) is 25.7 Å². The summed E-state index contributed by atoms with van der Waals surface area (Å²) >= 11 is 3.40. The molecule has 2 N–H and O–H groups in total. The first-order valence-electron chi connectivity index (χ1n) is 7.56. The van der Waals surface area contributed by atoms with Crippen molar-refractivity contribution in [3.8, 4) is 5.75 Å². The van der Waals surface area contributed by atoms with Crippen LogP contribution in [0.25, 0.3) is 0 Å². The van der Waals surface area contributed by atoms with Crippen molar-refractivity contribution >= 4 is 21.8 Å². The van der Waals surface area contributed by atoms with Gasteiger partial charge < -0.3 is 15.4 Å². The molecule has 0 heterocycles. The summed E-state index contributed by atoms with van der Waals surface area (Å²) in [5, 5.41) is 6.50. The highest BCUT2D eigenvalue weighted by Crippen LogP contribution is 2.22. The average molecular weight is 355 g/mol. The van der Waals surface area contributed by atoms with Gasteiger partial charge in [0, 0.05) is 17.1 Å². The number of ether oxygens (including phenoxy) is 1. The van der Waals surface area contributed by atoms with Crippen LogP contribution in [-0.2, 0) is 0 Å². The number of halogens is 1. The van der Waals surface area contributed by atoms with E-state index in [-0.39, 0.29) is 5.91 Å². The topological polar surface area (TPSA) is 50.4 Å². The second-order valence-corrected chi connectivity index (χ2v) is 6.25. The Morgan fingerprint density at radius 3 is 2.81 bits per heavy atom. The second kappa shape index (κ2) is 8.39. The van der Waals surface area contributed by atoms with Crippen LogP contribution < -0.4 is 15.4 Å². The van der Waals surface area contributed by atoms with Gasteiger partial charge in [0.15, 0.2) is 0 Å². The molecule has 1 aromatic rings. The van der Waals surface area contributed by atoms with E-state index in [1.807, 2.05) is 12.1 Å². The van der Waals surface area contributed by atoms with Gasteiger partial charge in [-0.25, -0.2) is 0 Å². The smallest absolute Gasteiger partial charge is 0.252 e. The highest BCUT2D eigenvalue weighted by atomic mass is 79.9. The van der Waals surface area contributed by atoms with E-state index in [9.17, 15) is 4.79 Å². The molecular formula is C16H23BrN2O2. The number of methoxy groups -OCH3 is 1. The average Bonchev–Trinajstić information content (AvgIpc) is 3.00. The molecule has 5 heteroatoms. The zero-order valence-corrected chi connectivity index (χ0v) is 14.0. The molecule has 1 amide bonds. The van der Waals surface area contributed by atoms with Crippen LogP contribution in [0.5, 0.6) is 5.75 Å². The van der Waals surface area contributed by atoms with Gasteiger partial charge in [-0.2, -0.15) is 0 Å². The normalized spacial score (nSPS) is 15.1. The third kappa shape index (κ3) is 5.00. The maximum atomic E-state index is 12.1. The van der Waals surface area contributed by atoms with Crippen molar-refractivity contribution in [3.63, 3.8) is 0 Å². The molecular weight excluding hydrogens is 332 g/mol. The Morgan fingerprint density at radius 2 is 2.10 bits per heavy atom. The number of carbonyl (C=O) groups is 1. The van der Waals surface area contributed by atoms with Gasteiger partial charge in [0.05, 0.1) is 12.7 Å². The first-order chi connectivity index (χ1) is 10.2. The van der Waals surface area contributed by atoms with Crippen molar-refractivity contribution < 1.29 is 9.53 Å². The maximum Gasteiger partial charge on any atom is 0.252 e. The van der Waals surface area contributed by atoms with Crippen LogP contribution in [0.3, 0.4) is 0 Å². The van der Waals surface area contributed by atoms with Gasteiger partial charge >= 0.3 is 0 Å². The molecule has 2 rings (SSSR count). The number of benzene rings is 1. The lowest BCUT2D eigenvalue weighted by atomic mass is 10.2. The first-order valence-corrected chi connectivity index (χ1v) is 8.35. The van der Waals surface area contributed by atoms with Gasteiger partial charge in [-0.05, 0) is 59.9 Å². The van der Waals surface area contributed by atoms with Crippen LogP contribution >= 0.6 is 15.9 Å². The summed E-state index contributed by atoms with van der Waals surface area (Å²) < 4.78 is 5.93. The zero-order valence-electron chi connectivity index (χ0n) is 12.5. The Morgan fingerprint density at radius 1 is 1.33 bits per heavy atom.